The molecule has 4 aromatic rings. The van der Waals surface area contributed by atoms with Crippen LogP contribution in [0.15, 0.2) is 42.5 Å². The van der Waals surface area contributed by atoms with Crippen LogP contribution in [0.25, 0.3) is 16.0 Å². The monoisotopic (exact) mass is 491 g/mol. The number of thiazole rings is 1. The summed E-state index contributed by atoms with van der Waals surface area (Å²) in [6.45, 7) is 5.59. The first-order valence-electron chi connectivity index (χ1n) is 11.7. The molecule has 1 N–H and O–H groups in total. The second-order valence-electron chi connectivity index (χ2n) is 8.86. The van der Waals surface area contributed by atoms with Gasteiger partial charge in [-0.3, -0.25) is 4.79 Å². The lowest BCUT2D eigenvalue weighted by molar-refractivity contribution is -0.120. The Labute approximate surface area is 208 Å². The molecule has 1 saturated heterocycles. The summed E-state index contributed by atoms with van der Waals surface area (Å²) in [4.78, 5) is 20.3. The Hall–Kier alpha value is -3.59. The van der Waals surface area contributed by atoms with Crippen molar-refractivity contribution in [2.24, 2.45) is 5.92 Å². The molecule has 1 amide bonds. The van der Waals surface area contributed by atoms with E-state index >= 15 is 0 Å². The van der Waals surface area contributed by atoms with Crippen LogP contribution in [0.4, 0.5) is 10.8 Å². The molecule has 0 aliphatic carbocycles. The number of ether oxygens (including phenoxy) is 2. The van der Waals surface area contributed by atoms with Crippen LogP contribution in [0.5, 0.6) is 11.5 Å². The van der Waals surface area contributed by atoms with Crippen molar-refractivity contribution in [3.05, 3.63) is 53.7 Å². The van der Waals surface area contributed by atoms with E-state index in [1.807, 2.05) is 11.6 Å². The van der Waals surface area contributed by atoms with E-state index in [4.69, 9.17) is 19.6 Å². The number of fused-ring (bicyclic) bond motifs is 1. The van der Waals surface area contributed by atoms with E-state index in [9.17, 15) is 4.79 Å². The average molecular weight is 492 g/mol. The van der Waals surface area contributed by atoms with Gasteiger partial charge in [-0.2, -0.15) is 10.1 Å². The Morgan fingerprint density at radius 2 is 1.80 bits per heavy atom. The fraction of sp³-hybridized carbons (Fsp3) is 0.346. The number of benzene rings is 2. The molecule has 0 bridgehead atoms. The predicted molar refractivity (Wildman–Crippen MR) is 139 cm³/mol. The number of amides is 1. The van der Waals surface area contributed by atoms with Crippen LogP contribution >= 0.6 is 11.3 Å². The lowest BCUT2D eigenvalue weighted by atomic mass is 9.97. The maximum Gasteiger partial charge on any atom is 0.229 e. The third-order valence-electron chi connectivity index (χ3n) is 6.34. The molecule has 182 valence electrons. The van der Waals surface area contributed by atoms with Crippen molar-refractivity contribution in [3.8, 4) is 17.2 Å². The number of anilines is 2. The average Bonchev–Trinajstić information content (AvgIpc) is 3.45. The Balaban J connectivity index is 1.35. The lowest BCUT2D eigenvalue weighted by Crippen LogP contribution is -2.40. The standard InChI is InChI=1S/C26H29N5O3S/c1-16-7-9-20(10-8-16)31-24-23(17(2)29-31)35-26(28-24)30-11-5-6-18(15-30)25(32)27-19-12-21(33-3)14-22(13-19)34-4/h7-10,12-14,18H,5-6,11,15H2,1-4H3,(H,27,32). The first-order valence-corrected chi connectivity index (χ1v) is 12.5. The van der Waals surface area contributed by atoms with Crippen LogP contribution in [0.2, 0.25) is 0 Å². The maximum absolute atomic E-state index is 13.1. The molecular weight excluding hydrogens is 462 g/mol. The highest BCUT2D eigenvalue weighted by atomic mass is 32.1. The summed E-state index contributed by atoms with van der Waals surface area (Å²) >= 11 is 1.64. The van der Waals surface area contributed by atoms with Gasteiger partial charge < -0.3 is 19.7 Å². The van der Waals surface area contributed by atoms with Crippen LogP contribution < -0.4 is 19.7 Å². The SMILES string of the molecule is COc1cc(NC(=O)C2CCCN(c3nc4c(s3)c(C)nn4-c3ccc(C)cc3)C2)cc(OC)c1. The Morgan fingerprint density at radius 3 is 2.49 bits per heavy atom. The Morgan fingerprint density at radius 1 is 1.09 bits per heavy atom. The Kier molecular flexibility index (Phi) is 6.34. The molecule has 1 aliphatic rings. The van der Waals surface area contributed by atoms with Crippen LogP contribution in [-0.2, 0) is 4.79 Å². The summed E-state index contributed by atoms with van der Waals surface area (Å²) < 4.78 is 13.6. The summed E-state index contributed by atoms with van der Waals surface area (Å²) in [5, 5.41) is 8.69. The Bertz CT molecular complexity index is 1340. The minimum atomic E-state index is -0.136. The second kappa shape index (κ2) is 9.58. The quantitative estimate of drug-likeness (QED) is 0.410. The smallest absolute Gasteiger partial charge is 0.229 e. The third-order valence-corrected chi connectivity index (χ3v) is 7.55. The minimum absolute atomic E-state index is 0.00636. The number of carbonyl (C=O) groups excluding carboxylic acids is 1. The molecule has 0 saturated carbocycles. The number of nitrogens with zero attached hydrogens (tertiary/aromatic N) is 4. The first kappa shape index (κ1) is 23.2. The number of rotatable bonds is 6. The van der Waals surface area contributed by atoms with Gasteiger partial charge in [-0.1, -0.05) is 29.0 Å². The number of carbonyl (C=O) groups is 1. The van der Waals surface area contributed by atoms with Gasteiger partial charge in [0.05, 0.1) is 36.2 Å². The molecule has 2 aromatic heterocycles. The van der Waals surface area contributed by atoms with Crippen LogP contribution in [-0.4, -0.2) is 48.0 Å². The number of piperidine rings is 1. The van der Waals surface area contributed by atoms with Gasteiger partial charge in [0.2, 0.25) is 5.91 Å². The molecule has 0 spiro atoms. The summed E-state index contributed by atoms with van der Waals surface area (Å²) in [5.74, 6) is 1.13. The molecule has 1 atom stereocenters. The van der Waals surface area contributed by atoms with Crippen molar-refractivity contribution >= 4 is 38.4 Å². The van der Waals surface area contributed by atoms with E-state index in [1.165, 1.54) is 5.56 Å². The molecule has 5 rings (SSSR count). The van der Waals surface area contributed by atoms with Crippen molar-refractivity contribution in [1.82, 2.24) is 14.8 Å². The molecule has 8 nitrogen and oxygen atoms in total. The largest absolute Gasteiger partial charge is 0.497 e. The van der Waals surface area contributed by atoms with Crippen LogP contribution in [0.3, 0.4) is 0 Å². The van der Waals surface area contributed by atoms with Gasteiger partial charge in [-0.25, -0.2) is 4.68 Å². The van der Waals surface area contributed by atoms with Gasteiger partial charge in [-0.05, 0) is 38.8 Å². The number of hydrogen-bond donors (Lipinski definition) is 1. The first-order chi connectivity index (χ1) is 16.9. The number of hydrogen-bond acceptors (Lipinski definition) is 7. The summed E-state index contributed by atoms with van der Waals surface area (Å²) in [6.07, 6.45) is 1.77. The highest BCUT2D eigenvalue weighted by Gasteiger charge is 2.28. The van der Waals surface area contributed by atoms with E-state index in [2.05, 4.69) is 41.4 Å². The van der Waals surface area contributed by atoms with Crippen molar-refractivity contribution < 1.29 is 14.3 Å². The summed E-state index contributed by atoms with van der Waals surface area (Å²) in [5.41, 5.74) is 4.69. The summed E-state index contributed by atoms with van der Waals surface area (Å²) in [7, 11) is 3.19. The van der Waals surface area contributed by atoms with E-state index in [-0.39, 0.29) is 11.8 Å². The van der Waals surface area contributed by atoms with Crippen molar-refractivity contribution in [2.75, 3.05) is 37.5 Å². The molecule has 2 aromatic carbocycles. The number of aryl methyl sites for hydroxylation is 2. The van der Waals surface area contributed by atoms with Gasteiger partial charge >= 0.3 is 0 Å². The second-order valence-corrected chi connectivity index (χ2v) is 9.84. The molecule has 1 fully saturated rings. The van der Waals surface area contributed by atoms with Crippen LogP contribution in [0, 0.1) is 19.8 Å². The van der Waals surface area contributed by atoms with Gasteiger partial charge in [0.15, 0.2) is 10.8 Å². The van der Waals surface area contributed by atoms with Gasteiger partial charge in [-0.15, -0.1) is 0 Å². The topological polar surface area (TPSA) is 81.5 Å². The lowest BCUT2D eigenvalue weighted by Gasteiger charge is -2.31. The zero-order valence-corrected chi connectivity index (χ0v) is 21.2. The fourth-order valence-electron chi connectivity index (χ4n) is 4.41. The third kappa shape index (κ3) is 4.68. The molecule has 35 heavy (non-hydrogen) atoms. The van der Waals surface area contributed by atoms with E-state index in [1.54, 1.807) is 43.8 Å². The van der Waals surface area contributed by atoms with Crippen molar-refractivity contribution in [3.63, 3.8) is 0 Å². The highest BCUT2D eigenvalue weighted by molar-refractivity contribution is 7.22. The fourth-order valence-corrected chi connectivity index (χ4v) is 5.43. The van der Waals surface area contributed by atoms with Crippen molar-refractivity contribution in [1.29, 1.82) is 0 Å². The zero-order chi connectivity index (χ0) is 24.5. The van der Waals surface area contributed by atoms with Crippen LogP contribution in [0.1, 0.15) is 24.1 Å². The van der Waals surface area contributed by atoms with E-state index in [0.29, 0.717) is 23.7 Å². The van der Waals surface area contributed by atoms with Gasteiger partial charge in [0, 0.05) is 37.0 Å². The molecule has 0 radical (unpaired) electrons. The number of aromatic nitrogens is 3. The zero-order valence-electron chi connectivity index (χ0n) is 20.4. The molecular formula is C26H29N5O3S. The van der Waals surface area contributed by atoms with E-state index < -0.39 is 0 Å². The molecule has 1 aliphatic heterocycles. The normalized spacial score (nSPS) is 15.9. The van der Waals surface area contributed by atoms with E-state index in [0.717, 1.165) is 46.2 Å². The number of methoxy groups -OCH3 is 2. The maximum atomic E-state index is 13.1. The number of nitrogens with one attached hydrogen (secondary N) is 1. The molecule has 3 heterocycles. The van der Waals surface area contributed by atoms with Gasteiger partial charge in [0.1, 0.15) is 11.5 Å². The van der Waals surface area contributed by atoms with Crippen molar-refractivity contribution in [2.45, 2.75) is 26.7 Å². The molecule has 9 heteroatoms. The molecule has 1 unspecified atom stereocenters. The van der Waals surface area contributed by atoms with Gasteiger partial charge in [0.25, 0.3) is 0 Å². The predicted octanol–water partition coefficient (Wildman–Crippen LogP) is 4.97. The minimum Gasteiger partial charge on any atom is -0.497 e. The summed E-state index contributed by atoms with van der Waals surface area (Å²) in [6, 6.07) is 13.7. The highest BCUT2D eigenvalue weighted by Crippen LogP contribution is 2.35.